The van der Waals surface area contributed by atoms with Crippen LogP contribution < -0.4 is 9.64 Å². The van der Waals surface area contributed by atoms with Crippen LogP contribution in [0.15, 0.2) is 53.0 Å². The van der Waals surface area contributed by atoms with Crippen molar-refractivity contribution in [3.8, 4) is 5.75 Å². The zero-order valence-electron chi connectivity index (χ0n) is 14.6. The summed E-state index contributed by atoms with van der Waals surface area (Å²) >= 11 is 3.40. The fraction of sp³-hybridized carbons (Fsp3) is 0.400. The molecule has 2 aromatic rings. The van der Waals surface area contributed by atoms with Crippen LogP contribution in [0.5, 0.6) is 5.75 Å². The van der Waals surface area contributed by atoms with E-state index in [0.717, 1.165) is 36.4 Å². The van der Waals surface area contributed by atoms with Gasteiger partial charge in [0.05, 0.1) is 0 Å². The third kappa shape index (κ3) is 5.46. The molecular formula is C20H25BrN2O2. The normalized spacial score (nSPS) is 16.7. The molecule has 1 aliphatic rings. The molecule has 1 fully saturated rings. The van der Waals surface area contributed by atoms with Gasteiger partial charge in [-0.3, -0.25) is 4.90 Å². The molecule has 2 aromatic carbocycles. The Morgan fingerprint density at radius 2 is 1.64 bits per heavy atom. The number of aliphatic hydroxyl groups excluding tert-OH is 1. The SMILES string of the molecule is Cc1ccc(N2CCN(C[C@@H](O)COc3ccc(Br)cc3)CC2)cc1. The molecule has 1 aliphatic heterocycles. The van der Waals surface area contributed by atoms with Gasteiger partial charge in [-0.2, -0.15) is 0 Å². The Kier molecular flexibility index (Phi) is 6.34. The average Bonchev–Trinajstić information content (AvgIpc) is 2.63. The second kappa shape index (κ2) is 8.70. The van der Waals surface area contributed by atoms with Crippen LogP contribution in [0.4, 0.5) is 5.69 Å². The molecule has 0 bridgehead atoms. The molecule has 0 aliphatic carbocycles. The third-order valence-corrected chi connectivity index (χ3v) is 5.03. The van der Waals surface area contributed by atoms with E-state index in [1.165, 1.54) is 11.3 Å². The van der Waals surface area contributed by atoms with Crippen LogP contribution in [0.2, 0.25) is 0 Å². The van der Waals surface area contributed by atoms with Gasteiger partial charge >= 0.3 is 0 Å². The van der Waals surface area contributed by atoms with Crippen molar-refractivity contribution in [3.05, 3.63) is 58.6 Å². The lowest BCUT2D eigenvalue weighted by Gasteiger charge is -2.36. The number of β-amino-alcohol motifs (C(OH)–C–C–N with tert-alkyl or cyclic N) is 1. The number of aliphatic hydroxyl groups is 1. The molecule has 1 saturated heterocycles. The van der Waals surface area contributed by atoms with E-state index in [2.05, 4.69) is 56.9 Å². The van der Waals surface area contributed by atoms with E-state index in [1.807, 2.05) is 24.3 Å². The molecular weight excluding hydrogens is 380 g/mol. The molecule has 25 heavy (non-hydrogen) atoms. The van der Waals surface area contributed by atoms with Crippen LogP contribution in [-0.2, 0) is 0 Å². The number of rotatable bonds is 6. The molecule has 3 rings (SSSR count). The van der Waals surface area contributed by atoms with Crippen molar-refractivity contribution in [2.75, 3.05) is 44.2 Å². The summed E-state index contributed by atoms with van der Waals surface area (Å²) in [5, 5.41) is 10.2. The molecule has 0 aromatic heterocycles. The number of aryl methyl sites for hydroxylation is 1. The molecule has 1 N–H and O–H groups in total. The maximum atomic E-state index is 10.2. The highest BCUT2D eigenvalue weighted by Gasteiger charge is 2.19. The Labute approximate surface area is 158 Å². The average molecular weight is 405 g/mol. The number of benzene rings is 2. The highest BCUT2D eigenvalue weighted by molar-refractivity contribution is 9.10. The smallest absolute Gasteiger partial charge is 0.119 e. The monoisotopic (exact) mass is 404 g/mol. The summed E-state index contributed by atoms with van der Waals surface area (Å²) in [5.74, 6) is 0.784. The maximum absolute atomic E-state index is 10.2. The van der Waals surface area contributed by atoms with Crippen LogP contribution in [0.3, 0.4) is 0 Å². The van der Waals surface area contributed by atoms with E-state index in [-0.39, 0.29) is 0 Å². The van der Waals surface area contributed by atoms with Gasteiger partial charge in [0, 0.05) is 42.9 Å². The Morgan fingerprint density at radius 1 is 1.00 bits per heavy atom. The van der Waals surface area contributed by atoms with E-state index < -0.39 is 6.10 Å². The number of hydrogen-bond donors (Lipinski definition) is 1. The van der Waals surface area contributed by atoms with Gasteiger partial charge in [0.2, 0.25) is 0 Å². The minimum atomic E-state index is -0.477. The predicted molar refractivity (Wildman–Crippen MR) is 105 cm³/mol. The predicted octanol–water partition coefficient (Wildman–Crippen LogP) is 3.32. The summed E-state index contributed by atoms with van der Waals surface area (Å²) in [7, 11) is 0. The van der Waals surface area contributed by atoms with Crippen molar-refractivity contribution >= 4 is 21.6 Å². The topological polar surface area (TPSA) is 35.9 Å². The summed E-state index contributed by atoms with van der Waals surface area (Å²) in [6, 6.07) is 16.4. The van der Waals surface area contributed by atoms with Gasteiger partial charge in [0.1, 0.15) is 18.5 Å². The van der Waals surface area contributed by atoms with E-state index in [4.69, 9.17) is 4.74 Å². The van der Waals surface area contributed by atoms with Gasteiger partial charge in [-0.1, -0.05) is 33.6 Å². The fourth-order valence-electron chi connectivity index (χ4n) is 3.02. The highest BCUT2D eigenvalue weighted by Crippen LogP contribution is 2.18. The number of halogens is 1. The minimum absolute atomic E-state index is 0.319. The highest BCUT2D eigenvalue weighted by atomic mass is 79.9. The van der Waals surface area contributed by atoms with Crippen molar-refractivity contribution in [1.82, 2.24) is 4.90 Å². The zero-order chi connectivity index (χ0) is 17.6. The standard InChI is InChI=1S/C20H25BrN2O2/c1-16-2-6-18(7-3-16)23-12-10-22(11-13-23)14-19(24)15-25-20-8-4-17(21)5-9-20/h2-9,19,24H,10-15H2,1H3/t19-/m1/s1. The summed E-state index contributed by atoms with van der Waals surface area (Å²) in [4.78, 5) is 4.71. The van der Waals surface area contributed by atoms with Crippen LogP contribution in [0, 0.1) is 6.92 Å². The molecule has 1 heterocycles. The lowest BCUT2D eigenvalue weighted by Crippen LogP contribution is -2.49. The second-order valence-corrected chi connectivity index (χ2v) is 7.46. The summed E-state index contributed by atoms with van der Waals surface area (Å²) < 4.78 is 6.68. The second-order valence-electron chi connectivity index (χ2n) is 6.54. The first-order valence-electron chi connectivity index (χ1n) is 8.70. The Morgan fingerprint density at radius 3 is 2.28 bits per heavy atom. The Bertz CT molecular complexity index is 652. The van der Waals surface area contributed by atoms with Crippen molar-refractivity contribution in [2.24, 2.45) is 0 Å². The Hall–Kier alpha value is -1.56. The number of nitrogens with zero attached hydrogens (tertiary/aromatic N) is 2. The number of anilines is 1. The minimum Gasteiger partial charge on any atom is -0.491 e. The van der Waals surface area contributed by atoms with E-state index in [1.54, 1.807) is 0 Å². The van der Waals surface area contributed by atoms with Gasteiger partial charge < -0.3 is 14.7 Å². The van der Waals surface area contributed by atoms with E-state index >= 15 is 0 Å². The van der Waals surface area contributed by atoms with Crippen molar-refractivity contribution < 1.29 is 9.84 Å². The van der Waals surface area contributed by atoms with Crippen LogP contribution >= 0.6 is 15.9 Å². The summed E-state index contributed by atoms with van der Waals surface area (Å²) in [5.41, 5.74) is 2.57. The molecule has 134 valence electrons. The van der Waals surface area contributed by atoms with Gasteiger partial charge in [-0.15, -0.1) is 0 Å². The first-order chi connectivity index (χ1) is 12.1. The van der Waals surface area contributed by atoms with E-state index in [0.29, 0.717) is 13.2 Å². The molecule has 4 nitrogen and oxygen atoms in total. The van der Waals surface area contributed by atoms with Gasteiger partial charge in [0.15, 0.2) is 0 Å². The summed E-state index contributed by atoms with van der Waals surface area (Å²) in [6.07, 6.45) is -0.477. The van der Waals surface area contributed by atoms with Crippen molar-refractivity contribution in [2.45, 2.75) is 13.0 Å². The van der Waals surface area contributed by atoms with Crippen LogP contribution in [0.25, 0.3) is 0 Å². The lowest BCUT2D eigenvalue weighted by molar-refractivity contribution is 0.0663. The maximum Gasteiger partial charge on any atom is 0.119 e. The molecule has 5 heteroatoms. The van der Waals surface area contributed by atoms with Crippen LogP contribution in [-0.4, -0.2) is 55.4 Å². The zero-order valence-corrected chi connectivity index (χ0v) is 16.2. The molecule has 0 amide bonds. The van der Waals surface area contributed by atoms with Crippen molar-refractivity contribution in [1.29, 1.82) is 0 Å². The summed E-state index contributed by atoms with van der Waals surface area (Å²) in [6.45, 7) is 6.98. The van der Waals surface area contributed by atoms with Crippen LogP contribution in [0.1, 0.15) is 5.56 Å². The molecule has 0 radical (unpaired) electrons. The largest absolute Gasteiger partial charge is 0.491 e. The first-order valence-corrected chi connectivity index (χ1v) is 9.50. The third-order valence-electron chi connectivity index (χ3n) is 4.50. The first kappa shape index (κ1) is 18.2. The molecule has 1 atom stereocenters. The quantitative estimate of drug-likeness (QED) is 0.800. The van der Waals surface area contributed by atoms with Crippen molar-refractivity contribution in [3.63, 3.8) is 0 Å². The molecule has 0 saturated carbocycles. The number of piperazine rings is 1. The fourth-order valence-corrected chi connectivity index (χ4v) is 3.28. The lowest BCUT2D eigenvalue weighted by atomic mass is 10.2. The number of hydrogen-bond acceptors (Lipinski definition) is 4. The Balaban J connectivity index is 1.40. The molecule has 0 unspecified atom stereocenters. The van der Waals surface area contributed by atoms with Gasteiger partial charge in [-0.05, 0) is 43.3 Å². The van der Waals surface area contributed by atoms with Gasteiger partial charge in [0.25, 0.3) is 0 Å². The van der Waals surface area contributed by atoms with E-state index in [9.17, 15) is 5.11 Å². The number of ether oxygens (including phenoxy) is 1. The van der Waals surface area contributed by atoms with Gasteiger partial charge in [-0.25, -0.2) is 0 Å². The molecule has 0 spiro atoms.